The summed E-state index contributed by atoms with van der Waals surface area (Å²) in [6, 6.07) is 9.96. The summed E-state index contributed by atoms with van der Waals surface area (Å²) in [5.74, 6) is 0.349. The Morgan fingerprint density at radius 2 is 1.79 bits per heavy atom. The Bertz CT molecular complexity index is 710. The third-order valence-corrected chi connectivity index (χ3v) is 11.4. The van der Waals surface area contributed by atoms with Gasteiger partial charge in [-0.05, 0) is 36.5 Å². The third kappa shape index (κ3) is 4.41. The van der Waals surface area contributed by atoms with E-state index in [2.05, 4.69) is 46.0 Å². The van der Waals surface area contributed by atoms with Crippen LogP contribution < -0.4 is 0 Å². The van der Waals surface area contributed by atoms with Crippen molar-refractivity contribution in [2.75, 3.05) is 0 Å². The molecule has 1 aliphatic heterocycles. The molecule has 154 valence electrons. The smallest absolute Gasteiger partial charge is 0.225 e. The minimum atomic E-state index is -2.04. The first-order valence-corrected chi connectivity index (χ1v) is 13.5. The van der Waals surface area contributed by atoms with Gasteiger partial charge in [0, 0.05) is 18.9 Å². The molecule has 0 radical (unpaired) electrons. The molecule has 3 rings (SSSR count). The van der Waals surface area contributed by atoms with Gasteiger partial charge < -0.3 is 9.33 Å². The molecule has 1 saturated heterocycles. The molecule has 1 heterocycles. The summed E-state index contributed by atoms with van der Waals surface area (Å²) in [7, 11) is -2.04. The highest BCUT2D eigenvalue weighted by molar-refractivity contribution is 6.74. The number of hydrogen-bond donors (Lipinski definition) is 0. The van der Waals surface area contributed by atoms with Gasteiger partial charge >= 0.3 is 0 Å². The van der Waals surface area contributed by atoms with Gasteiger partial charge in [0.15, 0.2) is 8.32 Å². The Morgan fingerprint density at radius 1 is 1.11 bits per heavy atom. The highest BCUT2D eigenvalue weighted by Crippen LogP contribution is 2.42. The fourth-order valence-electron chi connectivity index (χ4n) is 4.26. The van der Waals surface area contributed by atoms with Crippen LogP contribution in [0.25, 0.3) is 0 Å². The SMILES string of the molecule is CC(C)(C)[Si](C)(C)O[C@H]1CC(=O)N(Cc2ccccc2)C1C1CCCCC1=O. The maximum atomic E-state index is 13.0. The predicted molar refractivity (Wildman–Crippen MR) is 114 cm³/mol. The van der Waals surface area contributed by atoms with E-state index in [1.807, 2.05) is 23.1 Å². The van der Waals surface area contributed by atoms with Crippen molar-refractivity contribution in [2.45, 2.75) is 89.7 Å². The number of nitrogens with zero attached hydrogens (tertiary/aromatic N) is 1. The summed E-state index contributed by atoms with van der Waals surface area (Å²) in [6.07, 6.45) is 3.77. The van der Waals surface area contributed by atoms with E-state index in [4.69, 9.17) is 4.43 Å². The van der Waals surface area contributed by atoms with Crippen LogP contribution in [0, 0.1) is 5.92 Å². The second-order valence-corrected chi connectivity index (χ2v) is 14.7. The molecule has 5 heteroatoms. The van der Waals surface area contributed by atoms with Crippen molar-refractivity contribution in [1.29, 1.82) is 0 Å². The molecular formula is C23H35NO3Si. The summed E-state index contributed by atoms with van der Waals surface area (Å²) in [5.41, 5.74) is 1.11. The fraction of sp³-hybridized carbons (Fsp3) is 0.652. The highest BCUT2D eigenvalue weighted by Gasteiger charge is 2.50. The van der Waals surface area contributed by atoms with Crippen molar-refractivity contribution in [2.24, 2.45) is 5.92 Å². The van der Waals surface area contributed by atoms with Crippen LogP contribution >= 0.6 is 0 Å². The molecular weight excluding hydrogens is 366 g/mol. The van der Waals surface area contributed by atoms with Gasteiger partial charge in [0.1, 0.15) is 5.78 Å². The van der Waals surface area contributed by atoms with Crippen LogP contribution in [0.1, 0.15) is 58.4 Å². The standard InChI is InChI=1S/C23H35NO3Si/c1-23(2,3)28(4,5)27-20-15-21(26)24(16-17-11-7-6-8-12-17)22(20)18-13-9-10-14-19(18)25/h6-8,11-12,18,20,22H,9-10,13-16H2,1-5H3/t18?,20-,22?/m0/s1. The normalized spacial score (nSPS) is 26.8. The molecule has 1 aromatic rings. The van der Waals surface area contributed by atoms with Crippen molar-refractivity contribution in [3.63, 3.8) is 0 Å². The minimum absolute atomic E-state index is 0.0734. The van der Waals surface area contributed by atoms with Crippen molar-refractivity contribution in [3.05, 3.63) is 35.9 Å². The summed E-state index contributed by atoms with van der Waals surface area (Å²) >= 11 is 0. The highest BCUT2D eigenvalue weighted by atomic mass is 28.4. The molecule has 3 atom stereocenters. The molecule has 0 aromatic heterocycles. The summed E-state index contributed by atoms with van der Waals surface area (Å²) in [5, 5.41) is 0.0734. The Kier molecular flexibility index (Phi) is 6.16. The Balaban J connectivity index is 1.90. The van der Waals surface area contributed by atoms with Gasteiger partial charge in [-0.15, -0.1) is 0 Å². The molecule has 1 aromatic carbocycles. The van der Waals surface area contributed by atoms with Gasteiger partial charge in [-0.2, -0.15) is 0 Å². The van der Waals surface area contributed by atoms with Gasteiger partial charge in [0.25, 0.3) is 0 Å². The first-order chi connectivity index (χ1) is 13.1. The van der Waals surface area contributed by atoms with Gasteiger partial charge in [0.2, 0.25) is 5.91 Å². The van der Waals surface area contributed by atoms with E-state index in [0.717, 1.165) is 24.8 Å². The zero-order valence-electron chi connectivity index (χ0n) is 18.0. The summed E-state index contributed by atoms with van der Waals surface area (Å²) in [4.78, 5) is 27.8. The average Bonchev–Trinajstić information content (AvgIpc) is 2.90. The molecule has 0 bridgehead atoms. The quantitative estimate of drug-likeness (QED) is 0.657. The lowest BCUT2D eigenvalue weighted by Gasteiger charge is -2.42. The van der Waals surface area contributed by atoms with Crippen LogP contribution in [0.3, 0.4) is 0 Å². The van der Waals surface area contributed by atoms with Crippen LogP contribution in [0.4, 0.5) is 0 Å². The molecule has 1 saturated carbocycles. The van der Waals surface area contributed by atoms with E-state index in [-0.39, 0.29) is 29.0 Å². The molecule has 0 N–H and O–H groups in total. The first kappa shape index (κ1) is 21.3. The van der Waals surface area contributed by atoms with E-state index in [1.54, 1.807) is 0 Å². The van der Waals surface area contributed by atoms with Crippen molar-refractivity contribution in [1.82, 2.24) is 4.90 Å². The number of amides is 1. The number of carbonyl (C=O) groups excluding carboxylic acids is 2. The molecule has 2 unspecified atom stereocenters. The Hall–Kier alpha value is -1.46. The van der Waals surface area contributed by atoms with E-state index >= 15 is 0 Å². The average molecular weight is 402 g/mol. The van der Waals surface area contributed by atoms with Crippen LogP contribution in [0.15, 0.2) is 30.3 Å². The first-order valence-electron chi connectivity index (χ1n) is 10.6. The number of carbonyl (C=O) groups is 2. The van der Waals surface area contributed by atoms with Crippen molar-refractivity contribution in [3.8, 4) is 0 Å². The zero-order chi connectivity index (χ0) is 20.5. The van der Waals surface area contributed by atoms with Gasteiger partial charge in [-0.25, -0.2) is 0 Å². The maximum Gasteiger partial charge on any atom is 0.225 e. The van der Waals surface area contributed by atoms with Crippen LogP contribution in [0.2, 0.25) is 18.1 Å². The predicted octanol–water partition coefficient (Wildman–Crippen LogP) is 4.94. The topological polar surface area (TPSA) is 46.6 Å². The lowest BCUT2D eigenvalue weighted by molar-refractivity contribution is -0.133. The molecule has 1 aliphatic carbocycles. The molecule has 2 fully saturated rings. The van der Waals surface area contributed by atoms with Crippen LogP contribution in [-0.4, -0.2) is 37.1 Å². The number of Topliss-reactive ketones (excluding diaryl/α,β-unsaturated/α-hetero) is 1. The number of ketones is 1. The van der Waals surface area contributed by atoms with E-state index in [1.165, 1.54) is 0 Å². The molecule has 28 heavy (non-hydrogen) atoms. The number of likely N-dealkylation sites (tertiary alicyclic amines) is 1. The van der Waals surface area contributed by atoms with Crippen molar-refractivity contribution < 1.29 is 14.0 Å². The monoisotopic (exact) mass is 401 g/mol. The Morgan fingerprint density at radius 3 is 2.39 bits per heavy atom. The van der Waals surface area contributed by atoms with Crippen LogP contribution in [0.5, 0.6) is 0 Å². The maximum absolute atomic E-state index is 13.0. The van der Waals surface area contributed by atoms with E-state index in [0.29, 0.717) is 25.2 Å². The molecule has 4 nitrogen and oxygen atoms in total. The number of benzene rings is 1. The largest absolute Gasteiger partial charge is 0.411 e. The molecule has 0 spiro atoms. The number of rotatable bonds is 5. The minimum Gasteiger partial charge on any atom is -0.411 e. The zero-order valence-corrected chi connectivity index (χ0v) is 19.0. The van der Waals surface area contributed by atoms with E-state index in [9.17, 15) is 9.59 Å². The van der Waals surface area contributed by atoms with Gasteiger partial charge in [-0.1, -0.05) is 57.5 Å². The summed E-state index contributed by atoms with van der Waals surface area (Å²) < 4.78 is 6.74. The van der Waals surface area contributed by atoms with Gasteiger partial charge in [0.05, 0.1) is 18.6 Å². The van der Waals surface area contributed by atoms with E-state index < -0.39 is 8.32 Å². The number of hydrogen-bond acceptors (Lipinski definition) is 3. The second kappa shape index (κ2) is 8.11. The molecule has 1 amide bonds. The fourth-order valence-corrected chi connectivity index (χ4v) is 5.60. The summed E-state index contributed by atoms with van der Waals surface area (Å²) in [6.45, 7) is 11.7. The third-order valence-electron chi connectivity index (χ3n) is 6.90. The second-order valence-electron chi connectivity index (χ2n) is 9.94. The van der Waals surface area contributed by atoms with Gasteiger partial charge in [-0.3, -0.25) is 9.59 Å². The lowest BCUT2D eigenvalue weighted by Crippen LogP contribution is -2.51. The molecule has 2 aliphatic rings. The Labute approximate surface area is 170 Å². The van der Waals surface area contributed by atoms with Crippen molar-refractivity contribution >= 4 is 20.0 Å². The van der Waals surface area contributed by atoms with Crippen LogP contribution in [-0.2, 0) is 20.6 Å². The lowest BCUT2D eigenvalue weighted by atomic mass is 9.81.